The molecule has 1 aliphatic carbocycles. The monoisotopic (exact) mass is 347 g/mol. The fourth-order valence-electron chi connectivity index (χ4n) is 2.73. The van der Waals surface area contributed by atoms with Gasteiger partial charge in [-0.1, -0.05) is 18.6 Å². The molecule has 1 fully saturated rings. The lowest BCUT2D eigenvalue weighted by molar-refractivity contribution is -0.139. The fourth-order valence-corrected chi connectivity index (χ4v) is 3.56. The van der Waals surface area contributed by atoms with Crippen molar-refractivity contribution in [2.24, 2.45) is 0 Å². The average molecular weight is 347 g/mol. The number of alkyl halides is 3. The van der Waals surface area contributed by atoms with Crippen LogP contribution in [0, 0.1) is 0 Å². The van der Waals surface area contributed by atoms with E-state index in [9.17, 15) is 18.0 Å². The summed E-state index contributed by atoms with van der Waals surface area (Å²) in [6.07, 6.45) is 1.54. The molecule has 1 N–H and O–H groups in total. The van der Waals surface area contributed by atoms with Gasteiger partial charge < -0.3 is 10.1 Å². The highest BCUT2D eigenvalue weighted by Crippen LogP contribution is 2.35. The van der Waals surface area contributed by atoms with Crippen molar-refractivity contribution in [1.29, 1.82) is 0 Å². The Morgan fingerprint density at radius 1 is 1.35 bits per heavy atom. The summed E-state index contributed by atoms with van der Waals surface area (Å²) in [5, 5.41) is 3.38. The lowest BCUT2D eigenvalue weighted by atomic mass is 9.95. The number of nitrogens with one attached hydrogen (secondary N) is 1. The first-order valence-corrected chi connectivity index (χ1v) is 8.80. The molecule has 3 nitrogen and oxygen atoms in total. The highest BCUT2D eigenvalue weighted by atomic mass is 32.2. The highest BCUT2D eigenvalue weighted by molar-refractivity contribution is 7.99. The molecule has 1 amide bonds. The minimum absolute atomic E-state index is 0.0789. The third-order valence-electron chi connectivity index (χ3n) is 3.88. The number of rotatable bonds is 5. The van der Waals surface area contributed by atoms with Gasteiger partial charge in [0.25, 0.3) is 5.91 Å². The number of para-hydroxylation sites is 1. The summed E-state index contributed by atoms with van der Waals surface area (Å²) in [6, 6.07) is 4.99. The Balaban J connectivity index is 1.88. The van der Waals surface area contributed by atoms with Gasteiger partial charge in [0.2, 0.25) is 0 Å². The molecule has 23 heavy (non-hydrogen) atoms. The number of hydrogen-bond acceptors (Lipinski definition) is 3. The van der Waals surface area contributed by atoms with E-state index >= 15 is 0 Å². The van der Waals surface area contributed by atoms with Crippen molar-refractivity contribution in [3.63, 3.8) is 0 Å². The summed E-state index contributed by atoms with van der Waals surface area (Å²) < 4.78 is 43.6. The van der Waals surface area contributed by atoms with Gasteiger partial charge in [-0.15, -0.1) is 0 Å². The molecular weight excluding hydrogens is 327 g/mol. The third-order valence-corrected chi connectivity index (χ3v) is 4.97. The van der Waals surface area contributed by atoms with Crippen molar-refractivity contribution in [3.05, 3.63) is 29.8 Å². The highest BCUT2D eigenvalue weighted by Gasteiger charge is 2.34. The maximum Gasteiger partial charge on any atom is 0.419 e. The van der Waals surface area contributed by atoms with E-state index in [2.05, 4.69) is 5.32 Å². The summed E-state index contributed by atoms with van der Waals surface area (Å²) in [7, 11) is 0. The Morgan fingerprint density at radius 3 is 2.78 bits per heavy atom. The van der Waals surface area contributed by atoms with Crippen LogP contribution >= 0.6 is 11.8 Å². The molecule has 2 unspecified atom stereocenters. The Kier molecular flexibility index (Phi) is 6.21. The van der Waals surface area contributed by atoms with Crippen molar-refractivity contribution in [3.8, 4) is 5.75 Å². The van der Waals surface area contributed by atoms with Crippen molar-refractivity contribution in [2.45, 2.75) is 43.2 Å². The van der Waals surface area contributed by atoms with E-state index in [4.69, 9.17) is 4.74 Å². The molecule has 128 valence electrons. The third kappa shape index (κ3) is 5.34. The average Bonchev–Trinajstić information content (AvgIpc) is 2.52. The van der Waals surface area contributed by atoms with Gasteiger partial charge in [0, 0.05) is 11.3 Å². The van der Waals surface area contributed by atoms with Gasteiger partial charge in [-0.25, -0.2) is 0 Å². The van der Waals surface area contributed by atoms with Crippen LogP contribution in [0.1, 0.15) is 31.2 Å². The first-order chi connectivity index (χ1) is 10.9. The number of amides is 1. The Bertz CT molecular complexity index is 536. The van der Waals surface area contributed by atoms with Crippen LogP contribution in [0.5, 0.6) is 5.75 Å². The van der Waals surface area contributed by atoms with Crippen LogP contribution in [0.2, 0.25) is 0 Å². The van der Waals surface area contributed by atoms with E-state index in [1.807, 2.05) is 6.26 Å². The molecule has 1 saturated carbocycles. The number of benzene rings is 1. The van der Waals surface area contributed by atoms with Gasteiger partial charge in [0.05, 0.1) is 5.56 Å². The SMILES string of the molecule is CSC1CCCC(NC(=O)COc2ccccc2C(F)(F)F)C1. The van der Waals surface area contributed by atoms with Crippen LogP contribution < -0.4 is 10.1 Å². The summed E-state index contributed by atoms with van der Waals surface area (Å²) in [4.78, 5) is 11.9. The molecule has 7 heteroatoms. The van der Waals surface area contributed by atoms with E-state index in [1.165, 1.54) is 18.2 Å². The molecule has 2 rings (SSSR count). The Labute approximate surface area is 138 Å². The van der Waals surface area contributed by atoms with E-state index in [-0.39, 0.29) is 17.7 Å². The lowest BCUT2D eigenvalue weighted by Gasteiger charge is -2.28. The molecule has 0 bridgehead atoms. The van der Waals surface area contributed by atoms with Crippen LogP contribution in [0.15, 0.2) is 24.3 Å². The standard InChI is InChI=1S/C16H20F3NO2S/c1-23-12-6-4-5-11(9-12)20-15(21)10-22-14-8-3-2-7-13(14)16(17,18)19/h2-3,7-8,11-12H,4-6,9-10H2,1H3,(H,20,21). The van der Waals surface area contributed by atoms with Crippen molar-refractivity contribution >= 4 is 17.7 Å². The van der Waals surface area contributed by atoms with Crippen LogP contribution in [0.3, 0.4) is 0 Å². The molecule has 0 spiro atoms. The minimum atomic E-state index is -4.50. The van der Waals surface area contributed by atoms with Gasteiger partial charge in [-0.05, 0) is 37.7 Å². The predicted molar refractivity (Wildman–Crippen MR) is 84.6 cm³/mol. The molecule has 0 saturated heterocycles. The van der Waals surface area contributed by atoms with Gasteiger partial charge in [0.1, 0.15) is 5.75 Å². The van der Waals surface area contributed by atoms with E-state index in [0.717, 1.165) is 31.7 Å². The van der Waals surface area contributed by atoms with E-state index in [0.29, 0.717) is 5.25 Å². The topological polar surface area (TPSA) is 38.3 Å². The summed E-state index contributed by atoms with van der Waals surface area (Å²) in [5.41, 5.74) is -0.868. The zero-order valence-corrected chi connectivity index (χ0v) is 13.7. The Hall–Kier alpha value is -1.37. The molecule has 2 atom stereocenters. The zero-order chi connectivity index (χ0) is 16.9. The number of thioether (sulfide) groups is 1. The molecule has 1 aliphatic rings. The number of hydrogen-bond donors (Lipinski definition) is 1. The van der Waals surface area contributed by atoms with Gasteiger partial charge >= 0.3 is 6.18 Å². The van der Waals surface area contributed by atoms with Crippen LogP contribution in [-0.4, -0.2) is 30.1 Å². The molecule has 1 aromatic rings. The first kappa shape index (κ1) is 18.0. The van der Waals surface area contributed by atoms with Crippen LogP contribution in [0.25, 0.3) is 0 Å². The molecule has 0 heterocycles. The second-order valence-electron chi connectivity index (χ2n) is 5.57. The predicted octanol–water partition coefficient (Wildman–Crippen LogP) is 3.87. The second-order valence-corrected chi connectivity index (χ2v) is 6.71. The molecule has 0 radical (unpaired) electrons. The van der Waals surface area contributed by atoms with Crippen molar-refractivity contribution in [2.75, 3.05) is 12.9 Å². The maximum atomic E-state index is 12.8. The lowest BCUT2D eigenvalue weighted by Crippen LogP contribution is -2.41. The number of ether oxygens (including phenoxy) is 1. The number of halogens is 3. The molecule has 1 aromatic carbocycles. The quantitative estimate of drug-likeness (QED) is 0.879. The molecule has 0 aliphatic heterocycles. The number of carbonyl (C=O) groups is 1. The fraction of sp³-hybridized carbons (Fsp3) is 0.562. The normalized spacial score (nSPS) is 21.7. The molecular formula is C16H20F3NO2S. The van der Waals surface area contributed by atoms with Crippen molar-refractivity contribution in [1.82, 2.24) is 5.32 Å². The summed E-state index contributed by atoms with van der Waals surface area (Å²) >= 11 is 1.78. The largest absolute Gasteiger partial charge is 0.483 e. The van der Waals surface area contributed by atoms with Gasteiger partial charge in [0.15, 0.2) is 6.61 Å². The first-order valence-electron chi connectivity index (χ1n) is 7.51. The Morgan fingerprint density at radius 2 is 2.09 bits per heavy atom. The smallest absolute Gasteiger partial charge is 0.419 e. The van der Waals surface area contributed by atoms with E-state index < -0.39 is 18.3 Å². The maximum absolute atomic E-state index is 12.8. The summed E-state index contributed by atoms with van der Waals surface area (Å²) in [5.74, 6) is -0.700. The van der Waals surface area contributed by atoms with Crippen molar-refractivity contribution < 1.29 is 22.7 Å². The number of carbonyl (C=O) groups excluding carboxylic acids is 1. The van der Waals surface area contributed by atoms with Crippen LogP contribution in [0.4, 0.5) is 13.2 Å². The molecule has 0 aromatic heterocycles. The van der Waals surface area contributed by atoms with Crippen LogP contribution in [-0.2, 0) is 11.0 Å². The second kappa shape index (κ2) is 7.95. The summed E-state index contributed by atoms with van der Waals surface area (Å²) in [6.45, 7) is -0.409. The van der Waals surface area contributed by atoms with Gasteiger partial charge in [-0.3, -0.25) is 4.79 Å². The minimum Gasteiger partial charge on any atom is -0.483 e. The van der Waals surface area contributed by atoms with Gasteiger partial charge in [-0.2, -0.15) is 24.9 Å². The zero-order valence-electron chi connectivity index (χ0n) is 12.9. The van der Waals surface area contributed by atoms with E-state index in [1.54, 1.807) is 11.8 Å².